The van der Waals surface area contributed by atoms with Crippen molar-refractivity contribution in [1.82, 2.24) is 37.5 Å². The van der Waals surface area contributed by atoms with Crippen molar-refractivity contribution in [2.45, 2.75) is 95.1 Å². The Kier molecular flexibility index (Phi) is 26.9. The number of aliphatic hydroxyl groups excluding tert-OH is 2. The Morgan fingerprint density at radius 3 is 1.27 bits per heavy atom. The van der Waals surface area contributed by atoms with Gasteiger partial charge in [0, 0.05) is 133 Å². The van der Waals surface area contributed by atoms with Crippen LogP contribution in [-0.4, -0.2) is 203 Å². The first-order valence-electron chi connectivity index (χ1n) is 25.0. The number of esters is 1. The van der Waals surface area contributed by atoms with Gasteiger partial charge in [0.25, 0.3) is 11.1 Å². The van der Waals surface area contributed by atoms with Crippen LogP contribution in [0.5, 0.6) is 0 Å². The summed E-state index contributed by atoms with van der Waals surface area (Å²) in [7, 11) is -0.430. The number of ether oxygens (including phenoxy) is 3. The smallest absolute Gasteiger partial charge is 1.00 e. The zero-order chi connectivity index (χ0) is 57.6. The molecule has 2 aliphatic rings. The number of nitrogens with zero attached hydrogens (tertiary/aromatic N) is 10. The van der Waals surface area contributed by atoms with Gasteiger partial charge in [-0.3, -0.25) is 23.5 Å². The molecule has 4 aromatic rings. The average molecular weight is 1150 g/mol. The number of hydrogen-bond donors (Lipinski definition) is 2. The number of anilines is 2. The van der Waals surface area contributed by atoms with Gasteiger partial charge in [-0.15, -0.1) is 0 Å². The summed E-state index contributed by atoms with van der Waals surface area (Å²) in [4.78, 5) is 80.1. The van der Waals surface area contributed by atoms with Crippen molar-refractivity contribution < 1.29 is 86.6 Å². The minimum atomic E-state index is -3.64. The van der Waals surface area contributed by atoms with Gasteiger partial charge in [0.15, 0.2) is 11.6 Å². The summed E-state index contributed by atoms with van der Waals surface area (Å²) < 4.78 is 70.8. The van der Waals surface area contributed by atoms with E-state index in [1.165, 1.54) is 61.6 Å². The number of carbonyl (C=O) groups is 3. The number of sulfonamides is 2. The summed E-state index contributed by atoms with van der Waals surface area (Å²) in [6.45, 7) is 15.8. The molecule has 2 aliphatic heterocycles. The van der Waals surface area contributed by atoms with Crippen molar-refractivity contribution >= 4 is 58.3 Å². The van der Waals surface area contributed by atoms with E-state index in [4.69, 9.17) is 19.3 Å². The third kappa shape index (κ3) is 19.4. The van der Waals surface area contributed by atoms with Gasteiger partial charge >= 0.3 is 47.7 Å². The largest absolute Gasteiger partial charge is 1.00 e. The quantitative estimate of drug-likeness (QED) is 0.0889. The maximum atomic E-state index is 13.6. The average Bonchev–Trinajstić information content (AvgIpc) is 3.38. The van der Waals surface area contributed by atoms with Crippen LogP contribution in [0.25, 0.3) is 11.4 Å². The first-order valence-corrected chi connectivity index (χ1v) is 27.9. The van der Waals surface area contributed by atoms with Crippen molar-refractivity contribution in [2.75, 3.05) is 111 Å². The second-order valence-corrected chi connectivity index (χ2v) is 24.4. The third-order valence-electron chi connectivity index (χ3n) is 11.6. The van der Waals surface area contributed by atoms with Gasteiger partial charge in [0.2, 0.25) is 20.0 Å². The molecule has 28 heteroatoms. The van der Waals surface area contributed by atoms with Gasteiger partial charge in [0.05, 0.1) is 34.2 Å². The Labute approximate surface area is 489 Å². The maximum absolute atomic E-state index is 13.6. The molecule has 79 heavy (non-hydrogen) atoms. The van der Waals surface area contributed by atoms with Crippen LogP contribution in [0.2, 0.25) is 0 Å². The van der Waals surface area contributed by atoms with E-state index in [1.54, 1.807) is 79.1 Å². The summed E-state index contributed by atoms with van der Waals surface area (Å²) in [6, 6.07) is 12.1. The number of rotatable bonds is 15. The number of piperazine rings is 2. The minimum absolute atomic E-state index is 0. The van der Waals surface area contributed by atoms with Gasteiger partial charge in [-0.2, -0.15) is 0 Å². The molecule has 0 unspecified atom stereocenters. The summed E-state index contributed by atoms with van der Waals surface area (Å²) in [6.07, 6.45) is 3.65. The molecule has 6 rings (SSSR count). The molecule has 2 amide bonds. The van der Waals surface area contributed by atoms with Crippen LogP contribution in [0.4, 0.5) is 21.2 Å². The fourth-order valence-corrected chi connectivity index (χ4v) is 9.45. The minimum Gasteiger partial charge on any atom is -1.00 e. The maximum Gasteiger partial charge on any atom is 1.00 e. The fourth-order valence-electron chi connectivity index (χ4n) is 7.65. The van der Waals surface area contributed by atoms with Gasteiger partial charge in [-0.25, -0.2) is 45.0 Å². The normalized spacial score (nSPS) is 14.0. The van der Waals surface area contributed by atoms with E-state index in [2.05, 4.69) is 9.97 Å². The molecule has 24 nitrogen and oxygen atoms in total. The van der Waals surface area contributed by atoms with E-state index in [1.807, 2.05) is 25.7 Å². The molecule has 2 N–H and O–H groups in total. The topological polar surface area (TPSA) is 277 Å². The summed E-state index contributed by atoms with van der Waals surface area (Å²) >= 11 is 0. The molecule has 0 saturated carbocycles. The van der Waals surface area contributed by atoms with E-state index in [0.29, 0.717) is 88.0 Å². The summed E-state index contributed by atoms with van der Waals surface area (Å²) in [5.41, 5.74) is 0.116. The molecule has 2 fully saturated rings. The Balaban J connectivity index is 0.000000751. The second kappa shape index (κ2) is 30.4. The zero-order valence-electron chi connectivity index (χ0n) is 48.8. The van der Waals surface area contributed by atoms with Crippen molar-refractivity contribution in [3.05, 3.63) is 93.0 Å². The van der Waals surface area contributed by atoms with Crippen LogP contribution >= 0.6 is 0 Å². The number of aryl methyl sites for hydroxylation is 2. The van der Waals surface area contributed by atoms with E-state index in [9.17, 15) is 45.9 Å². The Hall–Kier alpha value is -5.39. The third-order valence-corrected chi connectivity index (χ3v) is 15.3. The van der Waals surface area contributed by atoms with Gasteiger partial charge < -0.3 is 45.4 Å². The van der Waals surface area contributed by atoms with E-state index >= 15 is 0 Å². The van der Waals surface area contributed by atoms with Crippen LogP contribution in [0.3, 0.4) is 0 Å². The molecular formula is C51H77BN10NaO14S2. The number of aromatic nitrogens is 4. The van der Waals surface area contributed by atoms with Gasteiger partial charge in [-0.05, 0) is 110 Å². The first kappa shape index (κ1) is 69.7. The summed E-state index contributed by atoms with van der Waals surface area (Å²) in [5, 5.41) is 16.3. The van der Waals surface area contributed by atoms with Crippen molar-refractivity contribution in [1.29, 1.82) is 0 Å². The molecule has 2 aromatic carbocycles. The second-order valence-electron chi connectivity index (χ2n) is 20.1. The number of carbonyl (C=O) groups excluding carboxylic acids is 3. The molecule has 431 valence electrons. The molecule has 3 radical (unpaired) electrons. The van der Waals surface area contributed by atoms with Crippen LogP contribution < -0.4 is 50.5 Å². The Morgan fingerprint density at radius 1 is 0.620 bits per heavy atom. The standard InChI is InChI=1S/C26H37N5O7S.C24H35N5O6S.CH4O.B.Na.H/c1-7-37-22(32)13-8-19-18-31(20-9-11-21(12-10-20)39(35,36)28(5)6)24(33)23(27-19)29-14-16-30(17-15-29)25(34)38-26(2,3)4;1-24(2,3)35-23(32)28-14-12-27(13-15-28)21-22(31)29(17-18(25-21)7-6-16-30)19-8-10-20(11-9-19)36(33,34)26(4)5;1-2;;;/h9-12,18H,7-8,13-17H2,1-6H3;8-11,17,30H,6-7,12-16H2,1-5H3;2H,1H3;;;/q;;;;+1;-1. The Bertz CT molecular complexity index is 3000. The zero-order valence-corrected chi connectivity index (χ0v) is 51.5. The molecule has 2 saturated heterocycles. The first-order chi connectivity index (χ1) is 36.1. The van der Waals surface area contributed by atoms with Crippen molar-refractivity contribution in [3.8, 4) is 11.4 Å². The number of benzene rings is 2. The van der Waals surface area contributed by atoms with Gasteiger partial charge in [-0.1, -0.05) is 0 Å². The molecule has 2 aromatic heterocycles. The number of aliphatic hydroxyl groups is 2. The van der Waals surface area contributed by atoms with Crippen molar-refractivity contribution in [3.63, 3.8) is 0 Å². The fraction of sp³-hybridized carbons (Fsp3) is 0.549. The predicted molar refractivity (Wildman–Crippen MR) is 297 cm³/mol. The molecule has 0 atom stereocenters. The SMILES string of the molecule is CCOC(=O)CCc1cn(-c2ccc(S(=O)(=O)N(C)C)cc2)c(=O)c(N2CCN(C(=O)OC(C)(C)C)CC2)n1.CN(C)S(=O)(=O)c1ccc(-n2cc(CCCO)nc(N3CCN(C(=O)OC(C)(C)C)CC3)c2=O)cc1.CO.[B].[H-].[Na+]. The van der Waals surface area contributed by atoms with Crippen LogP contribution in [-0.2, 0) is 51.9 Å². The number of hydrogen-bond acceptors (Lipinski definition) is 18. The van der Waals surface area contributed by atoms with Gasteiger partial charge in [0.1, 0.15) is 11.2 Å². The van der Waals surface area contributed by atoms with Crippen molar-refractivity contribution in [2.24, 2.45) is 0 Å². The van der Waals surface area contributed by atoms with Crippen LogP contribution in [0, 0.1) is 0 Å². The number of amides is 2. The molecule has 0 spiro atoms. The van der Waals surface area contributed by atoms with E-state index in [-0.39, 0.29) is 98.4 Å². The van der Waals surface area contributed by atoms with Crippen LogP contribution in [0.15, 0.2) is 80.3 Å². The molecule has 0 bridgehead atoms. The van der Waals surface area contributed by atoms with E-state index in [0.717, 1.165) is 15.7 Å². The monoisotopic (exact) mass is 1150 g/mol. The van der Waals surface area contributed by atoms with Crippen LogP contribution in [0.1, 0.15) is 74.1 Å². The molecule has 4 heterocycles. The summed E-state index contributed by atoms with van der Waals surface area (Å²) in [5.74, 6) is 0.0623. The predicted octanol–water partition coefficient (Wildman–Crippen LogP) is -0.155. The molecular weight excluding hydrogens is 1070 g/mol. The molecule has 0 aliphatic carbocycles. The Morgan fingerprint density at radius 2 is 0.962 bits per heavy atom. The van der Waals surface area contributed by atoms with E-state index < -0.39 is 49.0 Å².